The predicted molar refractivity (Wildman–Crippen MR) is 99.8 cm³/mol. The van der Waals surface area contributed by atoms with E-state index in [1.165, 1.54) is 44.9 Å². The molecule has 0 radical (unpaired) electrons. The molecule has 0 saturated heterocycles. The minimum absolute atomic E-state index is 0.315. The van der Waals surface area contributed by atoms with Crippen molar-refractivity contribution >= 4 is 17.6 Å². The molecule has 0 heterocycles. The second-order valence-corrected chi connectivity index (χ2v) is 6.99. The van der Waals surface area contributed by atoms with Gasteiger partial charge in [-0.15, -0.1) is 0 Å². The molecule has 0 aliphatic carbocycles. The number of carboxylic acid groups (broad SMARTS) is 1. The van der Waals surface area contributed by atoms with E-state index < -0.39 is 11.0 Å². The maximum atomic E-state index is 11.5. The fourth-order valence-corrected chi connectivity index (χ4v) is 2.94. The van der Waals surface area contributed by atoms with Gasteiger partial charge in [-0.2, -0.15) is 0 Å². The van der Waals surface area contributed by atoms with Crippen LogP contribution in [0.25, 0.3) is 0 Å². The van der Waals surface area contributed by atoms with Gasteiger partial charge in [0.05, 0.1) is 0 Å². The zero-order chi connectivity index (χ0) is 17.7. The molecule has 0 aliphatic rings. The maximum absolute atomic E-state index is 11.5. The monoisotopic (exact) mass is 354 g/mol. The van der Waals surface area contributed by atoms with Gasteiger partial charge < -0.3 is 9.84 Å². The van der Waals surface area contributed by atoms with Crippen LogP contribution in [0.15, 0.2) is 30.3 Å². The van der Waals surface area contributed by atoms with Crippen molar-refractivity contribution in [3.63, 3.8) is 0 Å². The zero-order valence-electron chi connectivity index (χ0n) is 14.8. The van der Waals surface area contributed by atoms with Crippen molar-refractivity contribution in [1.82, 2.24) is 0 Å². The number of halogens is 1. The molecule has 0 aliphatic heterocycles. The molecule has 4 heteroatoms. The van der Waals surface area contributed by atoms with Crippen LogP contribution in [-0.2, 0) is 4.79 Å². The smallest absolute Gasteiger partial charge is 0.364 e. The summed E-state index contributed by atoms with van der Waals surface area (Å²) in [5, 5.41) is 7.72. The van der Waals surface area contributed by atoms with Crippen LogP contribution in [0, 0.1) is 0 Å². The van der Waals surface area contributed by atoms with E-state index in [1.54, 1.807) is 24.3 Å². The molecule has 1 atom stereocenters. The van der Waals surface area contributed by atoms with Crippen molar-refractivity contribution in [3.05, 3.63) is 30.3 Å². The Morgan fingerprint density at radius 2 is 1.46 bits per heavy atom. The summed E-state index contributed by atoms with van der Waals surface area (Å²) in [6.45, 7) is 2.23. The highest BCUT2D eigenvalue weighted by atomic mass is 35.5. The lowest BCUT2D eigenvalue weighted by Crippen LogP contribution is -2.38. The molecule has 0 bridgehead atoms. The number of hydrogen-bond donors (Lipinski definition) is 1. The number of hydrogen-bond acceptors (Lipinski definition) is 2. The highest BCUT2D eigenvalue weighted by molar-refractivity contribution is 6.32. The van der Waals surface area contributed by atoms with Gasteiger partial charge in [0.25, 0.3) is 5.06 Å². The van der Waals surface area contributed by atoms with Crippen LogP contribution in [0.1, 0.15) is 77.6 Å². The maximum Gasteiger partial charge on any atom is 0.364 e. The lowest BCUT2D eigenvalue weighted by molar-refractivity contribution is -0.148. The van der Waals surface area contributed by atoms with Gasteiger partial charge in [-0.05, 0) is 18.6 Å². The second-order valence-electron chi connectivity index (χ2n) is 6.38. The predicted octanol–water partition coefficient (Wildman–Crippen LogP) is 6.40. The first-order valence-electron chi connectivity index (χ1n) is 9.25. The fourth-order valence-electron chi connectivity index (χ4n) is 2.72. The Labute approximate surface area is 151 Å². The number of benzene rings is 1. The average molecular weight is 355 g/mol. The summed E-state index contributed by atoms with van der Waals surface area (Å²) >= 11 is 6.20. The summed E-state index contributed by atoms with van der Waals surface area (Å²) in [7, 11) is 0. The number of alkyl halides is 1. The highest BCUT2D eigenvalue weighted by Crippen LogP contribution is 2.28. The van der Waals surface area contributed by atoms with Gasteiger partial charge in [0.1, 0.15) is 5.75 Å². The summed E-state index contributed by atoms with van der Waals surface area (Å²) < 4.78 is 5.51. The van der Waals surface area contributed by atoms with E-state index in [-0.39, 0.29) is 0 Å². The van der Waals surface area contributed by atoms with Crippen LogP contribution in [-0.4, -0.2) is 16.1 Å². The lowest BCUT2D eigenvalue weighted by atomic mass is 10.0. The van der Waals surface area contributed by atoms with E-state index in [0.29, 0.717) is 12.2 Å². The normalized spacial score (nSPS) is 13.4. The number of carbonyl (C=O) groups is 1. The average Bonchev–Trinajstić information content (AvgIpc) is 2.57. The van der Waals surface area contributed by atoms with Gasteiger partial charge in [-0.1, -0.05) is 94.5 Å². The van der Waals surface area contributed by atoms with Crippen molar-refractivity contribution in [3.8, 4) is 5.75 Å². The minimum atomic E-state index is -1.67. The molecule has 136 valence electrons. The molecule has 0 fully saturated rings. The van der Waals surface area contributed by atoms with Crippen molar-refractivity contribution < 1.29 is 14.6 Å². The molecule has 1 aromatic rings. The summed E-state index contributed by atoms with van der Waals surface area (Å²) in [4.78, 5) is 11.5. The van der Waals surface area contributed by atoms with Gasteiger partial charge in [0, 0.05) is 6.42 Å². The SMILES string of the molecule is CCCCCCCCCCCCC(Cl)(Oc1ccccc1)C(=O)O. The molecule has 3 nitrogen and oxygen atoms in total. The van der Waals surface area contributed by atoms with E-state index in [0.717, 1.165) is 19.3 Å². The zero-order valence-corrected chi connectivity index (χ0v) is 15.6. The lowest BCUT2D eigenvalue weighted by Gasteiger charge is -2.23. The summed E-state index contributed by atoms with van der Waals surface area (Å²) in [5.41, 5.74) is 0. The molecule has 24 heavy (non-hydrogen) atoms. The number of rotatable bonds is 14. The van der Waals surface area contributed by atoms with Crippen LogP contribution in [0.3, 0.4) is 0 Å². The highest BCUT2D eigenvalue weighted by Gasteiger charge is 2.38. The summed E-state index contributed by atoms with van der Waals surface area (Å²) in [6.07, 6.45) is 12.3. The summed E-state index contributed by atoms with van der Waals surface area (Å²) in [6, 6.07) is 8.90. The Morgan fingerprint density at radius 3 is 1.96 bits per heavy atom. The number of para-hydroxylation sites is 1. The number of aliphatic carboxylic acids is 1. The third-order valence-electron chi connectivity index (χ3n) is 4.19. The van der Waals surface area contributed by atoms with Crippen LogP contribution >= 0.6 is 11.6 Å². The number of carboxylic acids is 1. The van der Waals surface area contributed by atoms with Gasteiger partial charge in [-0.3, -0.25) is 0 Å². The Hall–Kier alpha value is -1.22. The van der Waals surface area contributed by atoms with Crippen molar-refractivity contribution in [2.45, 2.75) is 82.6 Å². The molecule has 0 amide bonds. The molecule has 0 spiro atoms. The third-order valence-corrected chi connectivity index (χ3v) is 4.62. The molecule has 1 rings (SSSR count). The van der Waals surface area contributed by atoms with Crippen molar-refractivity contribution in [2.24, 2.45) is 0 Å². The van der Waals surface area contributed by atoms with E-state index in [1.807, 2.05) is 6.07 Å². The van der Waals surface area contributed by atoms with Gasteiger partial charge in [0.2, 0.25) is 0 Å². The quantitative estimate of drug-likeness (QED) is 0.310. The topological polar surface area (TPSA) is 46.5 Å². The molecule has 0 saturated carbocycles. The van der Waals surface area contributed by atoms with E-state index >= 15 is 0 Å². The van der Waals surface area contributed by atoms with E-state index in [2.05, 4.69) is 6.92 Å². The molecule has 1 N–H and O–H groups in total. The second kappa shape index (κ2) is 12.2. The largest absolute Gasteiger partial charge is 0.477 e. The third kappa shape index (κ3) is 8.58. The molecule has 1 unspecified atom stereocenters. The number of ether oxygens (including phenoxy) is 1. The van der Waals surface area contributed by atoms with E-state index in [4.69, 9.17) is 16.3 Å². The van der Waals surface area contributed by atoms with Crippen molar-refractivity contribution in [1.29, 1.82) is 0 Å². The Bertz CT molecular complexity index is 449. The van der Waals surface area contributed by atoms with Crippen LogP contribution in [0.5, 0.6) is 5.75 Å². The van der Waals surface area contributed by atoms with Crippen LogP contribution in [0.2, 0.25) is 0 Å². The van der Waals surface area contributed by atoms with Gasteiger partial charge in [-0.25, -0.2) is 4.79 Å². The summed E-state index contributed by atoms with van der Waals surface area (Å²) in [5.74, 6) is -0.633. The molecular weight excluding hydrogens is 324 g/mol. The first-order valence-corrected chi connectivity index (χ1v) is 9.62. The van der Waals surface area contributed by atoms with Crippen molar-refractivity contribution in [2.75, 3.05) is 0 Å². The first-order chi connectivity index (χ1) is 11.6. The van der Waals surface area contributed by atoms with Crippen LogP contribution < -0.4 is 4.74 Å². The minimum Gasteiger partial charge on any atom is -0.477 e. The first kappa shape index (κ1) is 20.8. The van der Waals surface area contributed by atoms with Gasteiger partial charge >= 0.3 is 5.97 Å². The standard InChI is InChI=1S/C20H31ClO3/c1-2-3-4-5-6-7-8-9-10-14-17-20(21,19(22)23)24-18-15-12-11-13-16-18/h11-13,15-16H,2-10,14,17H2,1H3,(H,22,23). The molecule has 0 aromatic heterocycles. The van der Waals surface area contributed by atoms with Gasteiger partial charge in [0.15, 0.2) is 0 Å². The Balaban J connectivity index is 2.19. The van der Waals surface area contributed by atoms with Crippen LogP contribution in [0.4, 0.5) is 0 Å². The molecule has 1 aromatic carbocycles. The Morgan fingerprint density at radius 1 is 0.958 bits per heavy atom. The molecular formula is C20H31ClO3. The Kier molecular flexibility index (Phi) is 10.6. The number of unbranched alkanes of at least 4 members (excludes halogenated alkanes) is 9. The fraction of sp³-hybridized carbons (Fsp3) is 0.650. The van der Waals surface area contributed by atoms with E-state index in [9.17, 15) is 9.90 Å².